The van der Waals surface area contributed by atoms with Crippen molar-refractivity contribution in [2.45, 2.75) is 11.8 Å². The fraction of sp³-hybridized carbons (Fsp3) is 0.0667. The molecule has 0 saturated heterocycles. The number of rotatable bonds is 1. The van der Waals surface area contributed by atoms with E-state index < -0.39 is 10.8 Å². The van der Waals surface area contributed by atoms with Gasteiger partial charge in [0.25, 0.3) is 0 Å². The second-order valence-corrected chi connectivity index (χ2v) is 4.89. The molecule has 2 heteroatoms. The van der Waals surface area contributed by atoms with Crippen molar-refractivity contribution in [3.8, 4) is 11.2 Å². The van der Waals surface area contributed by atoms with Crippen molar-refractivity contribution >= 4 is 10.8 Å². The van der Waals surface area contributed by atoms with Gasteiger partial charge in [0.15, 0.2) is 0 Å². The molecule has 0 aromatic heterocycles. The highest BCUT2D eigenvalue weighted by Gasteiger charge is 1.98. The smallest absolute Gasteiger partial charge is 0.130 e. The summed E-state index contributed by atoms with van der Waals surface area (Å²) in [6.45, 7) is 2.00. The molecule has 17 heavy (non-hydrogen) atoms. The minimum absolute atomic E-state index is 0.749. The SMILES string of the molecule is Cc1ccc(S(=O)C#Cc2ccccc2)cc1. The fourth-order valence-corrected chi connectivity index (χ4v) is 2.06. The highest BCUT2D eigenvalue weighted by molar-refractivity contribution is 7.89. The standard InChI is InChI=1S/C15H12OS/c1-13-7-9-15(10-8-13)17(16)12-11-14-5-3-2-4-6-14/h2-10H,1H3. The summed E-state index contributed by atoms with van der Waals surface area (Å²) in [5.74, 6) is 2.91. The zero-order valence-corrected chi connectivity index (χ0v) is 10.3. The molecule has 0 aliphatic heterocycles. The first kappa shape index (κ1) is 11.6. The third kappa shape index (κ3) is 3.30. The average Bonchev–Trinajstić information content (AvgIpc) is 2.38. The summed E-state index contributed by atoms with van der Waals surface area (Å²) in [5.41, 5.74) is 2.04. The summed E-state index contributed by atoms with van der Waals surface area (Å²) in [5, 5.41) is 2.76. The normalized spacial score (nSPS) is 11.4. The molecule has 0 N–H and O–H groups in total. The van der Waals surface area contributed by atoms with Crippen LogP contribution in [0, 0.1) is 18.1 Å². The van der Waals surface area contributed by atoms with Gasteiger partial charge in [-0.3, -0.25) is 0 Å². The Labute approximate surface area is 104 Å². The quantitative estimate of drug-likeness (QED) is 0.700. The maximum absolute atomic E-state index is 11.9. The Bertz CT molecular complexity index is 574. The Morgan fingerprint density at radius 3 is 2.24 bits per heavy atom. The van der Waals surface area contributed by atoms with Crippen LogP contribution in [-0.4, -0.2) is 4.21 Å². The monoisotopic (exact) mass is 240 g/mol. The predicted molar refractivity (Wildman–Crippen MR) is 70.9 cm³/mol. The number of hydrogen-bond donors (Lipinski definition) is 0. The van der Waals surface area contributed by atoms with Crippen LogP contribution >= 0.6 is 0 Å². The van der Waals surface area contributed by atoms with Gasteiger partial charge in [0.1, 0.15) is 10.8 Å². The molecule has 2 aromatic rings. The number of aryl methyl sites for hydroxylation is 1. The van der Waals surface area contributed by atoms with Gasteiger partial charge in [-0.2, -0.15) is 0 Å². The van der Waals surface area contributed by atoms with E-state index in [1.165, 1.54) is 0 Å². The molecule has 1 nitrogen and oxygen atoms in total. The minimum atomic E-state index is -1.25. The average molecular weight is 240 g/mol. The Balaban J connectivity index is 2.18. The van der Waals surface area contributed by atoms with E-state index in [0.29, 0.717) is 0 Å². The van der Waals surface area contributed by atoms with E-state index in [0.717, 1.165) is 16.0 Å². The van der Waals surface area contributed by atoms with Crippen molar-refractivity contribution in [1.82, 2.24) is 0 Å². The predicted octanol–water partition coefficient (Wildman–Crippen LogP) is 3.11. The van der Waals surface area contributed by atoms with Gasteiger partial charge < -0.3 is 0 Å². The maximum Gasteiger partial charge on any atom is 0.130 e. The first-order valence-electron chi connectivity index (χ1n) is 5.31. The first-order valence-corrected chi connectivity index (χ1v) is 6.46. The summed E-state index contributed by atoms with van der Waals surface area (Å²) in [6, 6.07) is 17.2. The lowest BCUT2D eigenvalue weighted by molar-refractivity contribution is 0.689. The van der Waals surface area contributed by atoms with Crippen LogP contribution in [0.15, 0.2) is 59.5 Å². The van der Waals surface area contributed by atoms with Crippen molar-refractivity contribution in [2.75, 3.05) is 0 Å². The van der Waals surface area contributed by atoms with Gasteiger partial charge in [-0.05, 0) is 31.2 Å². The molecular formula is C15H12OS. The second kappa shape index (κ2) is 5.47. The number of benzene rings is 2. The minimum Gasteiger partial charge on any atom is -0.240 e. The van der Waals surface area contributed by atoms with Crippen LogP contribution in [0.4, 0.5) is 0 Å². The van der Waals surface area contributed by atoms with Gasteiger partial charge in [0.2, 0.25) is 0 Å². The van der Waals surface area contributed by atoms with Crippen molar-refractivity contribution < 1.29 is 4.21 Å². The van der Waals surface area contributed by atoms with Crippen molar-refractivity contribution in [3.63, 3.8) is 0 Å². The first-order chi connectivity index (χ1) is 8.25. The van der Waals surface area contributed by atoms with Gasteiger partial charge >= 0.3 is 0 Å². The lowest BCUT2D eigenvalue weighted by Crippen LogP contribution is -1.87. The lowest BCUT2D eigenvalue weighted by Gasteiger charge is -1.95. The van der Waals surface area contributed by atoms with Gasteiger partial charge in [-0.25, -0.2) is 4.21 Å². The highest BCUT2D eigenvalue weighted by Crippen LogP contribution is 2.07. The molecular weight excluding hydrogens is 228 g/mol. The van der Waals surface area contributed by atoms with E-state index in [4.69, 9.17) is 0 Å². The van der Waals surface area contributed by atoms with E-state index in [1.807, 2.05) is 61.5 Å². The summed E-state index contributed by atoms with van der Waals surface area (Å²) in [6.07, 6.45) is 0. The van der Waals surface area contributed by atoms with E-state index in [2.05, 4.69) is 11.2 Å². The summed E-state index contributed by atoms with van der Waals surface area (Å²) < 4.78 is 11.9. The Morgan fingerprint density at radius 2 is 1.59 bits per heavy atom. The van der Waals surface area contributed by atoms with Crippen LogP contribution in [0.2, 0.25) is 0 Å². The Kier molecular flexibility index (Phi) is 3.74. The van der Waals surface area contributed by atoms with Crippen LogP contribution < -0.4 is 0 Å². The molecule has 0 heterocycles. The van der Waals surface area contributed by atoms with Gasteiger partial charge in [0, 0.05) is 10.8 Å². The van der Waals surface area contributed by atoms with Crippen molar-refractivity contribution in [2.24, 2.45) is 0 Å². The maximum atomic E-state index is 11.9. The molecule has 0 spiro atoms. The molecule has 84 valence electrons. The molecule has 2 aromatic carbocycles. The topological polar surface area (TPSA) is 17.1 Å². The molecule has 0 radical (unpaired) electrons. The molecule has 1 atom stereocenters. The van der Waals surface area contributed by atoms with E-state index in [1.54, 1.807) is 0 Å². The molecule has 1 unspecified atom stereocenters. The van der Waals surface area contributed by atoms with Gasteiger partial charge in [-0.15, -0.1) is 0 Å². The molecule has 0 aliphatic carbocycles. The zero-order chi connectivity index (χ0) is 12.1. The van der Waals surface area contributed by atoms with Crippen molar-refractivity contribution in [3.05, 3.63) is 65.7 Å². The van der Waals surface area contributed by atoms with Crippen LogP contribution in [0.3, 0.4) is 0 Å². The Morgan fingerprint density at radius 1 is 0.941 bits per heavy atom. The molecule has 2 rings (SSSR count). The van der Waals surface area contributed by atoms with Crippen LogP contribution in [0.1, 0.15) is 11.1 Å². The molecule has 0 saturated carbocycles. The summed E-state index contributed by atoms with van der Waals surface area (Å²) in [4.78, 5) is 0.749. The third-order valence-electron chi connectivity index (χ3n) is 2.30. The zero-order valence-electron chi connectivity index (χ0n) is 9.51. The van der Waals surface area contributed by atoms with Gasteiger partial charge in [0.05, 0.1) is 4.90 Å². The summed E-state index contributed by atoms with van der Waals surface area (Å²) in [7, 11) is -1.25. The number of hydrogen-bond acceptors (Lipinski definition) is 1. The second-order valence-electron chi connectivity index (χ2n) is 3.67. The van der Waals surface area contributed by atoms with Crippen LogP contribution in [-0.2, 0) is 10.8 Å². The van der Waals surface area contributed by atoms with E-state index in [-0.39, 0.29) is 0 Å². The van der Waals surface area contributed by atoms with Crippen LogP contribution in [0.25, 0.3) is 0 Å². The van der Waals surface area contributed by atoms with Crippen LogP contribution in [0.5, 0.6) is 0 Å². The Hall–Kier alpha value is -1.85. The molecule has 0 amide bonds. The van der Waals surface area contributed by atoms with E-state index >= 15 is 0 Å². The third-order valence-corrected chi connectivity index (χ3v) is 3.28. The molecule has 0 fully saturated rings. The fourth-order valence-electron chi connectivity index (χ4n) is 1.35. The van der Waals surface area contributed by atoms with Gasteiger partial charge in [-0.1, -0.05) is 41.8 Å². The summed E-state index contributed by atoms with van der Waals surface area (Å²) >= 11 is 0. The molecule has 0 aliphatic rings. The lowest BCUT2D eigenvalue weighted by atomic mass is 10.2. The largest absolute Gasteiger partial charge is 0.240 e. The van der Waals surface area contributed by atoms with Crippen molar-refractivity contribution in [1.29, 1.82) is 0 Å². The highest BCUT2D eigenvalue weighted by atomic mass is 32.2. The molecule has 0 bridgehead atoms. The van der Waals surface area contributed by atoms with E-state index in [9.17, 15) is 4.21 Å².